The number of thiophene rings is 1. The van der Waals surface area contributed by atoms with E-state index in [1.54, 1.807) is 43.3 Å². The minimum absolute atomic E-state index is 0.261. The van der Waals surface area contributed by atoms with E-state index in [2.05, 4.69) is 15.6 Å². The molecule has 0 atom stereocenters. The Hall–Kier alpha value is -4.31. The molecule has 10 heteroatoms. The van der Waals surface area contributed by atoms with Crippen LogP contribution in [0.15, 0.2) is 65.7 Å². The number of hydrogen-bond acceptors (Lipinski definition) is 7. The Morgan fingerprint density at radius 2 is 1.69 bits per heavy atom. The van der Waals surface area contributed by atoms with E-state index < -0.39 is 17.4 Å². The molecule has 0 aliphatic rings. The molecule has 2 aromatic carbocycles. The third-order valence-electron chi connectivity index (χ3n) is 5.31. The molecule has 4 aromatic rings. The number of amides is 2. The van der Waals surface area contributed by atoms with Crippen molar-refractivity contribution in [1.82, 2.24) is 9.55 Å². The number of esters is 1. The maximum atomic E-state index is 13.1. The number of aryl methyl sites for hydroxylation is 1. The first-order valence-corrected chi connectivity index (χ1v) is 12.1. The van der Waals surface area contributed by atoms with E-state index in [1.807, 2.05) is 25.1 Å². The van der Waals surface area contributed by atoms with Crippen LogP contribution < -0.4 is 16.2 Å². The number of para-hydroxylation sites is 1. The molecule has 184 valence electrons. The van der Waals surface area contributed by atoms with E-state index in [4.69, 9.17) is 4.74 Å². The van der Waals surface area contributed by atoms with Crippen LogP contribution in [0.3, 0.4) is 0 Å². The molecular formula is C26H24N4O5S. The fourth-order valence-corrected chi connectivity index (χ4v) is 4.56. The minimum Gasteiger partial charge on any atom is -0.462 e. The number of rotatable bonds is 8. The van der Waals surface area contributed by atoms with Crippen molar-refractivity contribution in [3.05, 3.63) is 87.3 Å². The average Bonchev–Trinajstić information content (AvgIpc) is 3.22. The molecule has 0 aliphatic heterocycles. The van der Waals surface area contributed by atoms with Gasteiger partial charge in [-0.3, -0.25) is 19.0 Å². The van der Waals surface area contributed by atoms with Crippen molar-refractivity contribution in [2.45, 2.75) is 26.8 Å². The van der Waals surface area contributed by atoms with E-state index in [0.29, 0.717) is 44.2 Å². The standard InChI is InChI=1S/C26H24N4O5S/c1-3-13-35-26(34)17-9-11-19(12-10-17)28-20(31)14-30-15-27-24-21(25(30)33)16(2)22(36-24)23(32)29-18-7-5-4-6-8-18/h4-12,15H,3,13-14H2,1-2H3,(H,28,31)(H,29,32). The first-order chi connectivity index (χ1) is 17.4. The minimum atomic E-state index is -0.436. The average molecular weight is 505 g/mol. The molecule has 0 spiro atoms. The van der Waals surface area contributed by atoms with Gasteiger partial charge in [-0.25, -0.2) is 9.78 Å². The number of ether oxygens (including phenoxy) is 1. The first kappa shape index (κ1) is 24.8. The normalized spacial score (nSPS) is 10.7. The second-order valence-corrected chi connectivity index (χ2v) is 8.99. The van der Waals surface area contributed by atoms with Crippen molar-refractivity contribution in [2.75, 3.05) is 17.2 Å². The molecule has 4 rings (SSSR count). The van der Waals surface area contributed by atoms with E-state index in [0.717, 1.165) is 17.8 Å². The van der Waals surface area contributed by atoms with Crippen LogP contribution in [0.2, 0.25) is 0 Å². The highest BCUT2D eigenvalue weighted by Gasteiger charge is 2.20. The van der Waals surface area contributed by atoms with Crippen LogP contribution in [0.25, 0.3) is 10.2 Å². The second-order valence-electron chi connectivity index (χ2n) is 8.00. The Labute approximate surface area is 210 Å². The van der Waals surface area contributed by atoms with Gasteiger partial charge in [0.15, 0.2) is 0 Å². The molecule has 0 unspecified atom stereocenters. The first-order valence-electron chi connectivity index (χ1n) is 11.3. The summed E-state index contributed by atoms with van der Waals surface area (Å²) >= 11 is 1.13. The molecule has 2 heterocycles. The van der Waals surface area contributed by atoms with Crippen LogP contribution in [-0.2, 0) is 16.1 Å². The van der Waals surface area contributed by atoms with Crippen LogP contribution in [0.5, 0.6) is 0 Å². The summed E-state index contributed by atoms with van der Waals surface area (Å²) in [5.74, 6) is -1.19. The maximum absolute atomic E-state index is 13.1. The third kappa shape index (κ3) is 5.49. The Morgan fingerprint density at radius 1 is 1.00 bits per heavy atom. The van der Waals surface area contributed by atoms with Crippen molar-refractivity contribution < 1.29 is 19.1 Å². The summed E-state index contributed by atoms with van der Waals surface area (Å²) in [5.41, 5.74) is 1.61. The number of benzene rings is 2. The number of anilines is 2. The van der Waals surface area contributed by atoms with Gasteiger partial charge in [-0.1, -0.05) is 25.1 Å². The predicted molar refractivity (Wildman–Crippen MR) is 139 cm³/mol. The zero-order valence-corrected chi connectivity index (χ0v) is 20.6. The number of nitrogens with one attached hydrogen (secondary N) is 2. The highest BCUT2D eigenvalue weighted by molar-refractivity contribution is 7.20. The Bertz CT molecular complexity index is 1480. The molecule has 0 saturated heterocycles. The lowest BCUT2D eigenvalue weighted by molar-refractivity contribution is -0.116. The molecule has 2 N–H and O–H groups in total. The molecule has 0 saturated carbocycles. The summed E-state index contributed by atoms with van der Waals surface area (Å²) in [4.78, 5) is 55.5. The van der Waals surface area contributed by atoms with Gasteiger partial charge < -0.3 is 15.4 Å². The van der Waals surface area contributed by atoms with Crippen LogP contribution in [0, 0.1) is 6.92 Å². The van der Waals surface area contributed by atoms with Crippen molar-refractivity contribution >= 4 is 50.7 Å². The number of nitrogens with zero attached hydrogens (tertiary/aromatic N) is 2. The lowest BCUT2D eigenvalue weighted by Gasteiger charge is -2.08. The zero-order valence-electron chi connectivity index (χ0n) is 19.7. The topological polar surface area (TPSA) is 119 Å². The van der Waals surface area contributed by atoms with Gasteiger partial charge in [0.1, 0.15) is 11.4 Å². The third-order valence-corrected chi connectivity index (χ3v) is 6.51. The number of carbonyl (C=O) groups is 3. The largest absolute Gasteiger partial charge is 0.462 e. The fraction of sp³-hybridized carbons (Fsp3) is 0.192. The number of hydrogen-bond donors (Lipinski definition) is 2. The van der Waals surface area contributed by atoms with Crippen LogP contribution in [0.4, 0.5) is 11.4 Å². The Balaban J connectivity index is 1.47. The number of carbonyl (C=O) groups excluding carboxylic acids is 3. The SMILES string of the molecule is CCCOC(=O)c1ccc(NC(=O)Cn2cnc3sc(C(=O)Nc4ccccc4)c(C)c3c2=O)cc1. The number of aromatic nitrogens is 2. The van der Waals surface area contributed by atoms with Gasteiger partial charge in [0.25, 0.3) is 11.5 Å². The number of fused-ring (bicyclic) bond motifs is 1. The lowest BCUT2D eigenvalue weighted by atomic mass is 10.2. The van der Waals surface area contributed by atoms with Crippen molar-refractivity contribution in [2.24, 2.45) is 0 Å². The van der Waals surface area contributed by atoms with Crippen molar-refractivity contribution in [3.8, 4) is 0 Å². The van der Waals surface area contributed by atoms with Gasteiger partial charge >= 0.3 is 5.97 Å². The lowest BCUT2D eigenvalue weighted by Crippen LogP contribution is -2.28. The summed E-state index contributed by atoms with van der Waals surface area (Å²) in [5, 5.41) is 5.83. The smallest absolute Gasteiger partial charge is 0.338 e. The van der Waals surface area contributed by atoms with Gasteiger partial charge in [-0.05, 0) is 55.3 Å². The summed E-state index contributed by atoms with van der Waals surface area (Å²) in [7, 11) is 0. The molecule has 9 nitrogen and oxygen atoms in total. The summed E-state index contributed by atoms with van der Waals surface area (Å²) in [6.45, 7) is 3.68. The summed E-state index contributed by atoms with van der Waals surface area (Å²) in [6, 6.07) is 15.3. The van der Waals surface area contributed by atoms with Crippen molar-refractivity contribution in [1.29, 1.82) is 0 Å². The van der Waals surface area contributed by atoms with Crippen LogP contribution in [0.1, 0.15) is 38.9 Å². The highest BCUT2D eigenvalue weighted by atomic mass is 32.1. The highest BCUT2D eigenvalue weighted by Crippen LogP contribution is 2.27. The maximum Gasteiger partial charge on any atom is 0.338 e. The van der Waals surface area contributed by atoms with Crippen LogP contribution >= 0.6 is 11.3 Å². The molecule has 0 fully saturated rings. The molecule has 2 amide bonds. The van der Waals surface area contributed by atoms with Crippen molar-refractivity contribution in [3.63, 3.8) is 0 Å². The van der Waals surface area contributed by atoms with E-state index in [1.165, 1.54) is 10.9 Å². The molecule has 0 radical (unpaired) electrons. The van der Waals surface area contributed by atoms with Gasteiger partial charge in [-0.2, -0.15) is 0 Å². The van der Waals surface area contributed by atoms with Gasteiger partial charge in [0.2, 0.25) is 5.91 Å². The molecular weight excluding hydrogens is 480 g/mol. The molecule has 0 aliphatic carbocycles. The van der Waals surface area contributed by atoms with E-state index in [9.17, 15) is 19.2 Å². The molecule has 2 aromatic heterocycles. The second kappa shape index (κ2) is 11.0. The van der Waals surface area contributed by atoms with E-state index >= 15 is 0 Å². The van der Waals surface area contributed by atoms with Crippen LogP contribution in [-0.4, -0.2) is 33.9 Å². The summed E-state index contributed by atoms with van der Waals surface area (Å²) in [6.07, 6.45) is 2.03. The fourth-order valence-electron chi connectivity index (χ4n) is 3.52. The molecule has 36 heavy (non-hydrogen) atoms. The Morgan fingerprint density at radius 3 is 2.39 bits per heavy atom. The van der Waals surface area contributed by atoms with Gasteiger partial charge in [0, 0.05) is 11.4 Å². The van der Waals surface area contributed by atoms with Gasteiger partial charge in [0.05, 0.1) is 28.8 Å². The molecule has 0 bridgehead atoms. The van der Waals surface area contributed by atoms with Gasteiger partial charge in [-0.15, -0.1) is 11.3 Å². The summed E-state index contributed by atoms with van der Waals surface area (Å²) < 4.78 is 6.29. The quantitative estimate of drug-likeness (QED) is 0.347. The zero-order chi connectivity index (χ0) is 25.7. The monoisotopic (exact) mass is 504 g/mol. The Kier molecular flexibility index (Phi) is 7.55. The van der Waals surface area contributed by atoms with E-state index in [-0.39, 0.29) is 12.5 Å². The predicted octanol–water partition coefficient (Wildman–Crippen LogP) is 4.22.